The van der Waals surface area contributed by atoms with E-state index in [9.17, 15) is 5.11 Å². The van der Waals surface area contributed by atoms with Gasteiger partial charge in [0.25, 0.3) is 0 Å². The van der Waals surface area contributed by atoms with E-state index in [1.54, 1.807) is 5.56 Å². The van der Waals surface area contributed by atoms with Gasteiger partial charge in [-0.3, -0.25) is 0 Å². The van der Waals surface area contributed by atoms with Crippen LogP contribution in [-0.4, -0.2) is 16.8 Å². The Balaban J connectivity index is 1.40. The van der Waals surface area contributed by atoms with Crippen LogP contribution in [0.4, 0.5) is 0 Å². The zero-order valence-corrected chi connectivity index (χ0v) is 16.5. The van der Waals surface area contributed by atoms with Crippen LogP contribution in [0.2, 0.25) is 0 Å². The predicted molar refractivity (Wildman–Crippen MR) is 108 cm³/mol. The molecule has 0 bridgehead atoms. The van der Waals surface area contributed by atoms with E-state index in [0.29, 0.717) is 23.9 Å². The molecule has 4 aliphatic rings. The number of hydrogen-bond donors (Lipinski definition) is 1. The van der Waals surface area contributed by atoms with Crippen LogP contribution in [0.1, 0.15) is 81.8 Å². The molecule has 4 aliphatic carbocycles. The van der Waals surface area contributed by atoms with Crippen molar-refractivity contribution >= 4 is 0 Å². The molecule has 1 N–H and O–H groups in total. The SMILES string of the molecule is C#C[C@]1(O)CC[C@@H]2[C@@H]3CCc4cc(OC5CCCC5)ccc4[C@@H]3CC[C@]21C. The second kappa shape index (κ2) is 6.28. The topological polar surface area (TPSA) is 29.5 Å². The second-order valence-corrected chi connectivity index (χ2v) is 9.80. The molecule has 0 unspecified atom stereocenters. The maximum atomic E-state index is 11.1. The summed E-state index contributed by atoms with van der Waals surface area (Å²) in [4.78, 5) is 0. The van der Waals surface area contributed by atoms with E-state index in [2.05, 4.69) is 31.0 Å². The van der Waals surface area contributed by atoms with Gasteiger partial charge in [-0.15, -0.1) is 6.42 Å². The lowest BCUT2D eigenvalue weighted by atomic mass is 9.53. The van der Waals surface area contributed by atoms with Gasteiger partial charge in [-0.2, -0.15) is 0 Å². The maximum Gasteiger partial charge on any atom is 0.130 e. The minimum Gasteiger partial charge on any atom is -0.490 e. The van der Waals surface area contributed by atoms with Crippen LogP contribution in [0.15, 0.2) is 18.2 Å². The molecular weight excluding hydrogens is 332 g/mol. The summed E-state index contributed by atoms with van der Waals surface area (Å²) in [6.07, 6.45) is 17.6. The summed E-state index contributed by atoms with van der Waals surface area (Å²) in [5.41, 5.74) is 2.04. The summed E-state index contributed by atoms with van der Waals surface area (Å²) in [6.45, 7) is 2.26. The Morgan fingerprint density at radius 2 is 1.93 bits per heavy atom. The number of aliphatic hydroxyl groups is 1. The number of terminal acetylenes is 1. The lowest BCUT2D eigenvalue weighted by Crippen LogP contribution is -2.50. The lowest BCUT2D eigenvalue weighted by molar-refractivity contribution is -0.0647. The summed E-state index contributed by atoms with van der Waals surface area (Å²) in [5, 5.41) is 11.1. The van der Waals surface area contributed by atoms with E-state index in [4.69, 9.17) is 11.2 Å². The zero-order chi connectivity index (χ0) is 18.6. The largest absolute Gasteiger partial charge is 0.490 e. The van der Waals surface area contributed by atoms with E-state index in [-0.39, 0.29) is 5.41 Å². The van der Waals surface area contributed by atoms with Crippen LogP contribution in [0, 0.1) is 29.6 Å². The lowest BCUT2D eigenvalue weighted by Gasteiger charge is -2.52. The van der Waals surface area contributed by atoms with Gasteiger partial charge in [-0.05, 0) is 105 Å². The second-order valence-electron chi connectivity index (χ2n) is 9.80. The highest BCUT2D eigenvalue weighted by Crippen LogP contribution is 2.64. The van der Waals surface area contributed by atoms with Crippen molar-refractivity contribution in [1.29, 1.82) is 0 Å². The number of fused-ring (bicyclic) bond motifs is 5. The van der Waals surface area contributed by atoms with E-state index in [1.807, 2.05) is 0 Å². The van der Waals surface area contributed by atoms with E-state index >= 15 is 0 Å². The average Bonchev–Trinajstić information content (AvgIpc) is 3.28. The molecule has 0 heterocycles. The van der Waals surface area contributed by atoms with Crippen molar-refractivity contribution in [3.8, 4) is 18.1 Å². The molecule has 0 saturated heterocycles. The summed E-state index contributed by atoms with van der Waals surface area (Å²) >= 11 is 0. The fourth-order valence-electron chi connectivity index (χ4n) is 7.08. The van der Waals surface area contributed by atoms with Crippen LogP contribution in [0.25, 0.3) is 0 Å². The molecule has 2 nitrogen and oxygen atoms in total. The number of aryl methyl sites for hydroxylation is 1. The van der Waals surface area contributed by atoms with Crippen LogP contribution >= 0.6 is 0 Å². The van der Waals surface area contributed by atoms with Crippen LogP contribution < -0.4 is 4.74 Å². The van der Waals surface area contributed by atoms with E-state index in [0.717, 1.165) is 37.9 Å². The van der Waals surface area contributed by atoms with Gasteiger partial charge in [-0.25, -0.2) is 0 Å². The number of ether oxygens (including phenoxy) is 1. The Kier molecular flexibility index (Phi) is 4.10. The Labute approximate surface area is 163 Å². The molecule has 27 heavy (non-hydrogen) atoms. The molecule has 0 aromatic heterocycles. The summed E-state index contributed by atoms with van der Waals surface area (Å²) in [5.74, 6) is 5.70. The minimum absolute atomic E-state index is 0.105. The molecule has 144 valence electrons. The third-order valence-corrected chi connectivity index (χ3v) is 8.69. The molecule has 0 spiro atoms. The number of rotatable bonds is 2. The molecule has 1 aromatic carbocycles. The third-order valence-electron chi connectivity index (χ3n) is 8.69. The van der Waals surface area contributed by atoms with Gasteiger partial charge in [-0.1, -0.05) is 18.9 Å². The molecule has 0 amide bonds. The summed E-state index contributed by atoms with van der Waals surface area (Å²) < 4.78 is 6.25. The van der Waals surface area contributed by atoms with Crippen LogP contribution in [-0.2, 0) is 6.42 Å². The van der Waals surface area contributed by atoms with Gasteiger partial charge in [0.1, 0.15) is 11.4 Å². The van der Waals surface area contributed by atoms with Gasteiger partial charge in [0.05, 0.1) is 6.10 Å². The Bertz CT molecular complexity index is 771. The molecule has 5 atom stereocenters. The highest BCUT2D eigenvalue weighted by atomic mass is 16.5. The predicted octanol–water partition coefficient (Wildman–Crippen LogP) is 5.23. The van der Waals surface area contributed by atoms with Gasteiger partial charge in [0, 0.05) is 5.41 Å². The first-order chi connectivity index (χ1) is 13.0. The molecule has 3 fully saturated rings. The van der Waals surface area contributed by atoms with Crippen LogP contribution in [0.3, 0.4) is 0 Å². The van der Waals surface area contributed by atoms with Crippen LogP contribution in [0.5, 0.6) is 5.75 Å². The number of hydrogen-bond acceptors (Lipinski definition) is 2. The molecule has 3 saturated carbocycles. The quantitative estimate of drug-likeness (QED) is 0.728. The monoisotopic (exact) mass is 364 g/mol. The van der Waals surface area contributed by atoms with Gasteiger partial charge in [0.2, 0.25) is 0 Å². The molecule has 0 radical (unpaired) electrons. The molecule has 0 aliphatic heterocycles. The van der Waals surface area contributed by atoms with Crippen molar-refractivity contribution in [3.63, 3.8) is 0 Å². The smallest absolute Gasteiger partial charge is 0.130 e. The van der Waals surface area contributed by atoms with Gasteiger partial charge >= 0.3 is 0 Å². The number of benzene rings is 1. The van der Waals surface area contributed by atoms with Crippen molar-refractivity contribution in [2.45, 2.75) is 88.8 Å². The van der Waals surface area contributed by atoms with Crippen molar-refractivity contribution < 1.29 is 9.84 Å². The highest BCUT2D eigenvalue weighted by molar-refractivity contribution is 5.41. The van der Waals surface area contributed by atoms with Crippen molar-refractivity contribution in [3.05, 3.63) is 29.3 Å². The Morgan fingerprint density at radius 3 is 2.70 bits per heavy atom. The molecular formula is C25H32O2. The zero-order valence-electron chi connectivity index (χ0n) is 16.5. The first-order valence-electron chi connectivity index (χ1n) is 11.0. The van der Waals surface area contributed by atoms with E-state index < -0.39 is 5.60 Å². The fraction of sp³-hybridized carbons (Fsp3) is 0.680. The standard InChI is InChI=1S/C25H32O2/c1-3-25(26)15-13-23-22-10-8-17-16-19(27-18-6-4-5-7-18)9-11-20(17)21(22)12-14-24(23,25)2/h1,9,11,16,18,21-23,26H,4-8,10,12-15H2,2H3/t21-,22+,23+,24+,25-/m0/s1. The first kappa shape index (κ1) is 17.6. The average molecular weight is 365 g/mol. The first-order valence-corrected chi connectivity index (χ1v) is 11.0. The summed E-state index contributed by atoms with van der Waals surface area (Å²) in [6, 6.07) is 6.88. The van der Waals surface area contributed by atoms with Crippen molar-refractivity contribution in [1.82, 2.24) is 0 Å². The highest BCUT2D eigenvalue weighted by Gasteiger charge is 2.61. The Hall–Kier alpha value is -1.46. The fourth-order valence-corrected chi connectivity index (χ4v) is 7.08. The minimum atomic E-state index is -0.901. The maximum absolute atomic E-state index is 11.1. The van der Waals surface area contributed by atoms with Crippen molar-refractivity contribution in [2.75, 3.05) is 0 Å². The van der Waals surface area contributed by atoms with Gasteiger partial charge in [0.15, 0.2) is 0 Å². The normalized spacial score (nSPS) is 40.7. The van der Waals surface area contributed by atoms with Crippen molar-refractivity contribution in [2.24, 2.45) is 17.3 Å². The van der Waals surface area contributed by atoms with Gasteiger partial charge < -0.3 is 9.84 Å². The van der Waals surface area contributed by atoms with E-state index in [1.165, 1.54) is 37.7 Å². The Morgan fingerprint density at radius 1 is 1.11 bits per heavy atom. The third kappa shape index (κ3) is 2.58. The molecule has 5 rings (SSSR count). The molecule has 2 heteroatoms. The molecule has 1 aromatic rings. The summed E-state index contributed by atoms with van der Waals surface area (Å²) in [7, 11) is 0.